The molecule has 1 amide bonds. The van der Waals surface area contributed by atoms with Gasteiger partial charge in [0, 0.05) is 5.02 Å². The molecule has 2 aromatic rings. The van der Waals surface area contributed by atoms with E-state index >= 15 is 0 Å². The van der Waals surface area contributed by atoms with Crippen LogP contribution in [0.25, 0.3) is 0 Å². The average Bonchev–Trinajstić information content (AvgIpc) is 2.49. The van der Waals surface area contributed by atoms with Crippen LogP contribution in [0.4, 0.5) is 5.69 Å². The third-order valence-electron chi connectivity index (χ3n) is 2.99. The Kier molecular flexibility index (Phi) is 5.06. The van der Waals surface area contributed by atoms with Crippen molar-refractivity contribution in [2.45, 2.75) is 6.42 Å². The number of hydrogen-bond donors (Lipinski definition) is 1. The summed E-state index contributed by atoms with van der Waals surface area (Å²) in [6, 6.07) is 12.5. The number of para-hydroxylation sites is 2. The van der Waals surface area contributed by atoms with Crippen molar-refractivity contribution >= 4 is 23.2 Å². The van der Waals surface area contributed by atoms with Crippen molar-refractivity contribution < 1.29 is 14.3 Å². The Morgan fingerprint density at radius 3 is 2.57 bits per heavy atom. The summed E-state index contributed by atoms with van der Waals surface area (Å²) in [5, 5.41) is 3.32. The number of carbonyl (C=O) groups excluding carboxylic acids is 1. The van der Waals surface area contributed by atoms with Crippen LogP contribution in [0.5, 0.6) is 11.5 Å². The first kappa shape index (κ1) is 15.2. The van der Waals surface area contributed by atoms with Crippen molar-refractivity contribution in [2.75, 3.05) is 19.5 Å². The lowest BCUT2D eigenvalue weighted by molar-refractivity contribution is -0.115. The van der Waals surface area contributed by atoms with Crippen LogP contribution < -0.4 is 14.8 Å². The first-order valence-electron chi connectivity index (χ1n) is 6.39. The van der Waals surface area contributed by atoms with Gasteiger partial charge in [-0.2, -0.15) is 0 Å². The molecule has 0 atom stereocenters. The Morgan fingerprint density at radius 2 is 1.90 bits per heavy atom. The Balaban J connectivity index is 2.08. The van der Waals surface area contributed by atoms with E-state index in [0.717, 1.165) is 5.56 Å². The zero-order chi connectivity index (χ0) is 15.2. The molecule has 0 saturated carbocycles. The lowest BCUT2D eigenvalue weighted by atomic mass is 10.1. The van der Waals surface area contributed by atoms with E-state index in [1.54, 1.807) is 44.6 Å². The molecular weight excluding hydrogens is 290 g/mol. The molecule has 0 aliphatic heterocycles. The molecule has 0 unspecified atom stereocenters. The van der Waals surface area contributed by atoms with Crippen LogP contribution in [0.15, 0.2) is 42.5 Å². The molecule has 5 heteroatoms. The van der Waals surface area contributed by atoms with E-state index in [1.807, 2.05) is 12.1 Å². The number of carbonyl (C=O) groups is 1. The van der Waals surface area contributed by atoms with Gasteiger partial charge in [-0.15, -0.1) is 0 Å². The molecule has 0 aliphatic carbocycles. The van der Waals surface area contributed by atoms with E-state index in [1.165, 1.54) is 0 Å². The molecule has 0 spiro atoms. The van der Waals surface area contributed by atoms with Gasteiger partial charge in [0.1, 0.15) is 11.5 Å². The minimum Gasteiger partial charge on any atom is -0.497 e. The third-order valence-corrected chi connectivity index (χ3v) is 3.34. The first-order chi connectivity index (χ1) is 10.1. The van der Waals surface area contributed by atoms with Gasteiger partial charge in [-0.1, -0.05) is 29.8 Å². The molecule has 1 N–H and O–H groups in total. The number of amides is 1. The largest absolute Gasteiger partial charge is 0.497 e. The van der Waals surface area contributed by atoms with Gasteiger partial charge in [-0.25, -0.2) is 0 Å². The third kappa shape index (κ3) is 3.89. The molecule has 0 fully saturated rings. The molecule has 2 rings (SSSR count). The van der Waals surface area contributed by atoms with Gasteiger partial charge >= 0.3 is 0 Å². The van der Waals surface area contributed by atoms with E-state index < -0.39 is 0 Å². The van der Waals surface area contributed by atoms with Crippen LogP contribution in [-0.2, 0) is 11.2 Å². The van der Waals surface area contributed by atoms with Crippen LogP contribution in [-0.4, -0.2) is 20.1 Å². The molecular formula is C16H16ClNO3. The maximum Gasteiger partial charge on any atom is 0.228 e. The molecule has 0 aromatic heterocycles. The molecule has 2 aromatic carbocycles. The highest BCUT2D eigenvalue weighted by atomic mass is 35.5. The normalized spacial score (nSPS) is 10.0. The van der Waals surface area contributed by atoms with Crippen LogP contribution in [0.2, 0.25) is 5.02 Å². The van der Waals surface area contributed by atoms with Crippen molar-refractivity contribution in [1.29, 1.82) is 0 Å². The molecule has 4 nitrogen and oxygen atoms in total. The molecule has 110 valence electrons. The average molecular weight is 306 g/mol. The second-order valence-corrected chi connectivity index (χ2v) is 4.79. The van der Waals surface area contributed by atoms with Crippen LogP contribution in [0, 0.1) is 0 Å². The molecule has 0 saturated heterocycles. The van der Waals surface area contributed by atoms with Crippen molar-refractivity contribution in [3.05, 3.63) is 53.1 Å². The van der Waals surface area contributed by atoms with E-state index in [9.17, 15) is 4.79 Å². The van der Waals surface area contributed by atoms with Crippen LogP contribution >= 0.6 is 11.6 Å². The number of methoxy groups -OCH3 is 2. The summed E-state index contributed by atoms with van der Waals surface area (Å²) in [6.45, 7) is 0. The standard InChI is InChI=1S/C16H16ClNO3/c1-20-12-8-7-11(13(17)10-12)9-16(19)18-14-5-3-4-6-15(14)21-2/h3-8,10H,9H2,1-2H3,(H,18,19). The second kappa shape index (κ2) is 6.99. The van der Waals surface area contributed by atoms with Crippen LogP contribution in [0.3, 0.4) is 0 Å². The summed E-state index contributed by atoms with van der Waals surface area (Å²) in [5.74, 6) is 1.12. The van der Waals surface area contributed by atoms with E-state index in [0.29, 0.717) is 22.2 Å². The summed E-state index contributed by atoms with van der Waals surface area (Å²) < 4.78 is 10.3. The maximum absolute atomic E-state index is 12.1. The Hall–Kier alpha value is -2.20. The van der Waals surface area contributed by atoms with Crippen LogP contribution in [0.1, 0.15) is 5.56 Å². The Bertz CT molecular complexity index is 643. The van der Waals surface area contributed by atoms with E-state index in [2.05, 4.69) is 5.32 Å². The second-order valence-electron chi connectivity index (χ2n) is 4.38. The first-order valence-corrected chi connectivity index (χ1v) is 6.77. The SMILES string of the molecule is COc1ccc(CC(=O)Nc2ccccc2OC)c(Cl)c1. The van der Waals surface area contributed by atoms with Crippen molar-refractivity contribution in [3.63, 3.8) is 0 Å². The summed E-state index contributed by atoms with van der Waals surface area (Å²) in [7, 11) is 3.13. The number of nitrogens with one attached hydrogen (secondary N) is 1. The summed E-state index contributed by atoms with van der Waals surface area (Å²) in [4.78, 5) is 12.1. The highest BCUT2D eigenvalue weighted by Gasteiger charge is 2.10. The summed E-state index contributed by atoms with van der Waals surface area (Å²) in [5.41, 5.74) is 1.37. The van der Waals surface area contributed by atoms with E-state index in [4.69, 9.17) is 21.1 Å². The topological polar surface area (TPSA) is 47.6 Å². The predicted molar refractivity (Wildman–Crippen MR) is 83.3 cm³/mol. The molecule has 21 heavy (non-hydrogen) atoms. The lowest BCUT2D eigenvalue weighted by Gasteiger charge is -2.10. The van der Waals surface area contributed by atoms with Crippen molar-refractivity contribution in [1.82, 2.24) is 0 Å². The Labute approximate surface area is 128 Å². The fourth-order valence-corrected chi connectivity index (χ4v) is 2.15. The molecule has 0 heterocycles. The number of ether oxygens (including phenoxy) is 2. The predicted octanol–water partition coefficient (Wildman–Crippen LogP) is 3.54. The quantitative estimate of drug-likeness (QED) is 0.919. The lowest BCUT2D eigenvalue weighted by Crippen LogP contribution is -2.15. The molecule has 0 bridgehead atoms. The number of hydrogen-bond acceptors (Lipinski definition) is 3. The monoisotopic (exact) mass is 305 g/mol. The smallest absolute Gasteiger partial charge is 0.228 e. The number of halogens is 1. The fourth-order valence-electron chi connectivity index (χ4n) is 1.91. The maximum atomic E-state index is 12.1. The highest BCUT2D eigenvalue weighted by Crippen LogP contribution is 2.25. The van der Waals surface area contributed by atoms with Crippen molar-refractivity contribution in [3.8, 4) is 11.5 Å². The van der Waals surface area contributed by atoms with Gasteiger partial charge in [-0.3, -0.25) is 4.79 Å². The zero-order valence-electron chi connectivity index (χ0n) is 11.9. The van der Waals surface area contributed by atoms with Gasteiger partial charge in [0.2, 0.25) is 5.91 Å². The number of benzene rings is 2. The number of anilines is 1. The fraction of sp³-hybridized carbons (Fsp3) is 0.188. The van der Waals surface area contributed by atoms with Crippen molar-refractivity contribution in [2.24, 2.45) is 0 Å². The zero-order valence-corrected chi connectivity index (χ0v) is 12.6. The minimum absolute atomic E-state index is 0.161. The van der Waals surface area contributed by atoms with Gasteiger partial charge in [0.05, 0.1) is 26.3 Å². The summed E-state index contributed by atoms with van der Waals surface area (Å²) in [6.07, 6.45) is 0.181. The summed E-state index contributed by atoms with van der Waals surface area (Å²) >= 11 is 6.13. The van der Waals surface area contributed by atoms with Gasteiger partial charge in [-0.05, 0) is 29.8 Å². The van der Waals surface area contributed by atoms with Gasteiger partial charge < -0.3 is 14.8 Å². The van der Waals surface area contributed by atoms with E-state index in [-0.39, 0.29) is 12.3 Å². The van der Waals surface area contributed by atoms with Gasteiger partial charge in [0.15, 0.2) is 0 Å². The molecule has 0 radical (unpaired) electrons. The molecule has 0 aliphatic rings. The number of rotatable bonds is 5. The highest BCUT2D eigenvalue weighted by molar-refractivity contribution is 6.31. The Morgan fingerprint density at radius 1 is 1.14 bits per heavy atom. The minimum atomic E-state index is -0.161. The van der Waals surface area contributed by atoms with Gasteiger partial charge in [0.25, 0.3) is 0 Å².